The number of nitrogens with one attached hydrogen (secondary N) is 2. The van der Waals surface area contributed by atoms with Crippen molar-refractivity contribution in [3.05, 3.63) is 0 Å². The summed E-state index contributed by atoms with van der Waals surface area (Å²) in [6.07, 6.45) is -0.214. The summed E-state index contributed by atoms with van der Waals surface area (Å²) in [7, 11) is 0. The number of aliphatic carboxylic acids is 1. The highest BCUT2D eigenvalue weighted by atomic mass is 16.5. The van der Waals surface area contributed by atoms with Gasteiger partial charge in [0.1, 0.15) is 12.1 Å². The molecule has 2 unspecified atom stereocenters. The second kappa shape index (κ2) is 5.67. The SMILES string of the molecule is CCC(NC(=O)C1CNCCO1)C(=O)O. The smallest absolute Gasteiger partial charge is 0.326 e. The van der Waals surface area contributed by atoms with Crippen LogP contribution in [0.25, 0.3) is 0 Å². The van der Waals surface area contributed by atoms with Gasteiger partial charge in [0.25, 0.3) is 5.91 Å². The number of carboxylic acids is 1. The molecule has 1 aliphatic heterocycles. The maximum atomic E-state index is 11.5. The van der Waals surface area contributed by atoms with Gasteiger partial charge < -0.3 is 20.5 Å². The van der Waals surface area contributed by atoms with Crippen molar-refractivity contribution in [3.63, 3.8) is 0 Å². The lowest BCUT2D eigenvalue weighted by Crippen LogP contribution is -2.51. The molecule has 0 radical (unpaired) electrons. The Labute approximate surface area is 88.0 Å². The molecular weight excluding hydrogens is 200 g/mol. The van der Waals surface area contributed by atoms with Gasteiger partial charge in [0.05, 0.1) is 6.61 Å². The molecule has 0 aromatic heterocycles. The number of amides is 1. The van der Waals surface area contributed by atoms with Gasteiger partial charge >= 0.3 is 5.97 Å². The van der Waals surface area contributed by atoms with Gasteiger partial charge in [-0.05, 0) is 6.42 Å². The fourth-order valence-corrected chi connectivity index (χ4v) is 1.34. The van der Waals surface area contributed by atoms with Crippen molar-refractivity contribution in [2.45, 2.75) is 25.5 Å². The van der Waals surface area contributed by atoms with Crippen molar-refractivity contribution >= 4 is 11.9 Å². The fraction of sp³-hybridized carbons (Fsp3) is 0.778. The lowest BCUT2D eigenvalue weighted by atomic mass is 10.2. The summed E-state index contributed by atoms with van der Waals surface area (Å²) in [5.74, 6) is -1.38. The monoisotopic (exact) mass is 216 g/mol. The minimum atomic E-state index is -1.02. The molecular formula is C9H16N2O4. The van der Waals surface area contributed by atoms with Crippen molar-refractivity contribution in [2.24, 2.45) is 0 Å². The molecule has 0 aromatic carbocycles. The molecule has 0 saturated carbocycles. The number of morpholine rings is 1. The summed E-state index contributed by atoms with van der Waals surface area (Å²) >= 11 is 0. The predicted molar refractivity (Wildman–Crippen MR) is 52.5 cm³/mol. The fourth-order valence-electron chi connectivity index (χ4n) is 1.34. The van der Waals surface area contributed by atoms with E-state index in [1.165, 1.54) is 0 Å². The molecule has 1 aliphatic rings. The average Bonchev–Trinajstić information content (AvgIpc) is 2.26. The maximum absolute atomic E-state index is 11.5. The van der Waals surface area contributed by atoms with Crippen LogP contribution in [0.15, 0.2) is 0 Å². The largest absolute Gasteiger partial charge is 0.480 e. The number of carbonyl (C=O) groups is 2. The van der Waals surface area contributed by atoms with E-state index in [9.17, 15) is 9.59 Å². The topological polar surface area (TPSA) is 87.7 Å². The standard InChI is InChI=1S/C9H16N2O4/c1-2-6(9(13)14)11-8(12)7-5-10-3-4-15-7/h6-7,10H,2-5H2,1H3,(H,11,12)(H,13,14). The van der Waals surface area contributed by atoms with Gasteiger partial charge in [-0.15, -0.1) is 0 Å². The highest BCUT2D eigenvalue weighted by Crippen LogP contribution is 1.98. The van der Waals surface area contributed by atoms with E-state index < -0.39 is 18.1 Å². The minimum Gasteiger partial charge on any atom is -0.480 e. The van der Waals surface area contributed by atoms with Crippen LogP contribution in [0.4, 0.5) is 0 Å². The molecule has 0 spiro atoms. The third-order valence-electron chi connectivity index (χ3n) is 2.24. The van der Waals surface area contributed by atoms with Crippen LogP contribution in [-0.2, 0) is 14.3 Å². The van der Waals surface area contributed by atoms with Gasteiger partial charge in [-0.2, -0.15) is 0 Å². The van der Waals surface area contributed by atoms with E-state index in [0.29, 0.717) is 19.6 Å². The van der Waals surface area contributed by atoms with Gasteiger partial charge in [0, 0.05) is 13.1 Å². The van der Waals surface area contributed by atoms with Gasteiger partial charge in [-0.1, -0.05) is 6.92 Å². The second-order valence-electron chi connectivity index (χ2n) is 3.37. The Morgan fingerprint density at radius 2 is 2.40 bits per heavy atom. The normalized spacial score (nSPS) is 23.1. The molecule has 1 saturated heterocycles. The van der Waals surface area contributed by atoms with Crippen molar-refractivity contribution in [1.29, 1.82) is 0 Å². The molecule has 15 heavy (non-hydrogen) atoms. The third-order valence-corrected chi connectivity index (χ3v) is 2.24. The third kappa shape index (κ3) is 3.49. The molecule has 1 fully saturated rings. The Morgan fingerprint density at radius 1 is 1.67 bits per heavy atom. The number of hydrogen-bond donors (Lipinski definition) is 3. The van der Waals surface area contributed by atoms with Crippen LogP contribution in [-0.4, -0.2) is 48.8 Å². The summed E-state index contributed by atoms with van der Waals surface area (Å²) in [6, 6.07) is -0.831. The van der Waals surface area contributed by atoms with Crippen LogP contribution >= 0.6 is 0 Å². The summed E-state index contributed by atoms with van der Waals surface area (Å²) in [4.78, 5) is 22.2. The highest BCUT2D eigenvalue weighted by Gasteiger charge is 2.25. The summed E-state index contributed by atoms with van der Waals surface area (Å²) < 4.78 is 5.20. The quantitative estimate of drug-likeness (QED) is 0.558. The van der Waals surface area contributed by atoms with Crippen molar-refractivity contribution < 1.29 is 19.4 Å². The minimum absolute atomic E-state index is 0.362. The first-order chi connectivity index (χ1) is 7.15. The Kier molecular flexibility index (Phi) is 4.51. The number of carboxylic acid groups (broad SMARTS) is 1. The number of ether oxygens (including phenoxy) is 1. The maximum Gasteiger partial charge on any atom is 0.326 e. The van der Waals surface area contributed by atoms with Crippen molar-refractivity contribution in [3.8, 4) is 0 Å². The second-order valence-corrected chi connectivity index (χ2v) is 3.37. The molecule has 0 aromatic rings. The van der Waals surface area contributed by atoms with Gasteiger partial charge in [-0.3, -0.25) is 4.79 Å². The number of rotatable bonds is 4. The average molecular weight is 216 g/mol. The molecule has 6 heteroatoms. The summed E-state index contributed by atoms with van der Waals surface area (Å²) in [6.45, 7) is 3.34. The van der Waals surface area contributed by atoms with Crippen LogP contribution in [0.1, 0.15) is 13.3 Å². The summed E-state index contributed by atoms with van der Waals surface area (Å²) in [5, 5.41) is 14.2. The highest BCUT2D eigenvalue weighted by molar-refractivity contribution is 5.86. The lowest BCUT2D eigenvalue weighted by molar-refractivity contribution is -0.145. The zero-order valence-corrected chi connectivity index (χ0v) is 8.66. The van der Waals surface area contributed by atoms with Gasteiger partial charge in [0.15, 0.2) is 0 Å². The number of carbonyl (C=O) groups excluding carboxylic acids is 1. The van der Waals surface area contributed by atoms with E-state index in [1.54, 1.807) is 6.92 Å². The Balaban J connectivity index is 2.42. The first kappa shape index (κ1) is 11.9. The van der Waals surface area contributed by atoms with E-state index in [-0.39, 0.29) is 5.91 Å². The molecule has 3 N–H and O–H groups in total. The molecule has 86 valence electrons. The zero-order valence-electron chi connectivity index (χ0n) is 8.66. The van der Waals surface area contributed by atoms with E-state index in [0.717, 1.165) is 6.54 Å². The van der Waals surface area contributed by atoms with Gasteiger partial charge in [0.2, 0.25) is 0 Å². The molecule has 1 heterocycles. The van der Waals surface area contributed by atoms with E-state index in [1.807, 2.05) is 0 Å². The molecule has 1 amide bonds. The Morgan fingerprint density at radius 3 is 2.87 bits per heavy atom. The Hall–Kier alpha value is -1.14. The molecule has 0 bridgehead atoms. The lowest BCUT2D eigenvalue weighted by Gasteiger charge is -2.24. The van der Waals surface area contributed by atoms with Gasteiger partial charge in [-0.25, -0.2) is 4.79 Å². The zero-order chi connectivity index (χ0) is 11.3. The first-order valence-electron chi connectivity index (χ1n) is 5.00. The molecule has 2 atom stereocenters. The van der Waals surface area contributed by atoms with E-state index in [2.05, 4.69) is 10.6 Å². The molecule has 0 aliphatic carbocycles. The molecule has 6 nitrogen and oxygen atoms in total. The van der Waals surface area contributed by atoms with Crippen LogP contribution < -0.4 is 10.6 Å². The predicted octanol–water partition coefficient (Wildman–Crippen LogP) is -1.05. The van der Waals surface area contributed by atoms with E-state index in [4.69, 9.17) is 9.84 Å². The Bertz CT molecular complexity index is 238. The number of hydrogen-bond acceptors (Lipinski definition) is 4. The molecule has 1 rings (SSSR count). The van der Waals surface area contributed by atoms with Crippen molar-refractivity contribution in [1.82, 2.24) is 10.6 Å². The van der Waals surface area contributed by atoms with Crippen molar-refractivity contribution in [2.75, 3.05) is 19.7 Å². The van der Waals surface area contributed by atoms with Crippen LogP contribution in [0, 0.1) is 0 Å². The van der Waals surface area contributed by atoms with Crippen LogP contribution in [0.3, 0.4) is 0 Å². The summed E-state index contributed by atoms with van der Waals surface area (Å²) in [5.41, 5.74) is 0. The first-order valence-corrected chi connectivity index (χ1v) is 5.00. The van der Waals surface area contributed by atoms with E-state index >= 15 is 0 Å². The van der Waals surface area contributed by atoms with Crippen LogP contribution in [0.5, 0.6) is 0 Å². The van der Waals surface area contributed by atoms with Crippen LogP contribution in [0.2, 0.25) is 0 Å².